The monoisotopic (exact) mass is 726 g/mol. The van der Waals surface area contributed by atoms with E-state index < -0.39 is 0 Å². The fourth-order valence-corrected chi connectivity index (χ4v) is 8.39. The Kier molecular flexibility index (Phi) is 7.78. The number of fused-ring (bicyclic) bond motifs is 6. The normalized spacial score (nSPS) is 11.5. The number of nitrogens with zero attached hydrogens (tertiary/aromatic N) is 4. The molecule has 0 saturated carbocycles. The van der Waals surface area contributed by atoms with E-state index in [9.17, 15) is 0 Å². The fraction of sp³-hybridized carbons (Fsp3) is 0. The van der Waals surface area contributed by atoms with Crippen molar-refractivity contribution in [2.24, 2.45) is 0 Å². The summed E-state index contributed by atoms with van der Waals surface area (Å²) >= 11 is 0. The molecule has 0 spiro atoms. The molecule has 0 aliphatic rings. The maximum Gasteiger partial charge on any atom is 0.0794 e. The Hall–Kier alpha value is -7.69. The molecule has 0 aliphatic carbocycles. The summed E-state index contributed by atoms with van der Waals surface area (Å²) in [4.78, 5) is 14.9. The van der Waals surface area contributed by atoms with Crippen LogP contribution in [0.3, 0.4) is 0 Å². The Balaban J connectivity index is 1.10. The molecule has 0 atom stereocenters. The summed E-state index contributed by atoms with van der Waals surface area (Å²) in [6.07, 6.45) is 3.68. The Morgan fingerprint density at radius 1 is 0.333 bits per heavy atom. The standard InChI is InChI=1S/C53H34N4/c1-3-14-37(15-4-1)52-47-34-51-46(43-18-7-8-23-50(43)57(51)41-16-5-2-6-17-41)33-45(47)44-20-13-19-42(53(44)56-52)36-26-24-35(25-27-36)38-30-39(48-21-9-11-28-54-48)32-40(31-38)49-22-10-12-29-55-49/h1-34H. The molecule has 0 bridgehead atoms. The van der Waals surface area contributed by atoms with Crippen LogP contribution in [-0.4, -0.2) is 19.5 Å². The molecule has 0 fully saturated rings. The number of benzene rings is 7. The highest BCUT2D eigenvalue weighted by molar-refractivity contribution is 6.21. The van der Waals surface area contributed by atoms with Crippen molar-refractivity contribution in [3.05, 3.63) is 207 Å². The lowest BCUT2D eigenvalue weighted by Crippen LogP contribution is -1.95. The highest BCUT2D eigenvalue weighted by Gasteiger charge is 2.19. The molecule has 11 rings (SSSR count). The lowest BCUT2D eigenvalue weighted by atomic mass is 9.93. The van der Waals surface area contributed by atoms with Crippen molar-refractivity contribution in [3.63, 3.8) is 0 Å². The lowest BCUT2D eigenvalue weighted by molar-refractivity contribution is 1.18. The molecule has 4 heterocycles. The smallest absolute Gasteiger partial charge is 0.0794 e. The summed E-state index contributed by atoms with van der Waals surface area (Å²) in [5.41, 5.74) is 14.9. The average Bonchev–Trinajstić information content (AvgIpc) is 3.62. The quantitative estimate of drug-likeness (QED) is 0.160. The van der Waals surface area contributed by atoms with Crippen LogP contribution < -0.4 is 0 Å². The van der Waals surface area contributed by atoms with E-state index >= 15 is 0 Å². The number of rotatable bonds is 6. The predicted molar refractivity (Wildman–Crippen MR) is 236 cm³/mol. The zero-order valence-corrected chi connectivity index (χ0v) is 30.9. The number of hydrogen-bond acceptors (Lipinski definition) is 3. The molecular formula is C53H34N4. The van der Waals surface area contributed by atoms with Gasteiger partial charge in [0.1, 0.15) is 0 Å². The van der Waals surface area contributed by atoms with Gasteiger partial charge in [-0.1, -0.05) is 121 Å². The number of pyridine rings is 3. The molecule has 0 aliphatic heterocycles. The van der Waals surface area contributed by atoms with Gasteiger partial charge in [-0.05, 0) is 94.9 Å². The van der Waals surface area contributed by atoms with Crippen LogP contribution in [0.4, 0.5) is 0 Å². The Bertz CT molecular complexity index is 3190. The summed E-state index contributed by atoms with van der Waals surface area (Å²) in [5, 5.41) is 5.91. The van der Waals surface area contributed by atoms with Crippen LogP contribution >= 0.6 is 0 Å². The molecule has 7 aromatic carbocycles. The van der Waals surface area contributed by atoms with Gasteiger partial charge in [-0.2, -0.15) is 0 Å². The van der Waals surface area contributed by atoms with Gasteiger partial charge in [0.15, 0.2) is 0 Å². The van der Waals surface area contributed by atoms with Crippen LogP contribution in [0.2, 0.25) is 0 Å². The van der Waals surface area contributed by atoms with Gasteiger partial charge < -0.3 is 4.57 Å². The third kappa shape index (κ3) is 5.66. The Labute approximate surface area is 330 Å². The van der Waals surface area contributed by atoms with Crippen LogP contribution in [0, 0.1) is 0 Å². The van der Waals surface area contributed by atoms with Crippen LogP contribution in [0.15, 0.2) is 207 Å². The second-order valence-corrected chi connectivity index (χ2v) is 14.4. The highest BCUT2D eigenvalue weighted by Crippen LogP contribution is 2.42. The van der Waals surface area contributed by atoms with Gasteiger partial charge in [0.25, 0.3) is 0 Å². The van der Waals surface area contributed by atoms with Crippen molar-refractivity contribution in [2.45, 2.75) is 0 Å². The molecule has 4 heteroatoms. The molecule has 57 heavy (non-hydrogen) atoms. The number of aromatic nitrogens is 4. The third-order valence-corrected chi connectivity index (χ3v) is 11.1. The summed E-state index contributed by atoms with van der Waals surface area (Å²) in [6.45, 7) is 0. The maximum atomic E-state index is 5.56. The van der Waals surface area contributed by atoms with E-state index in [0.29, 0.717) is 0 Å². The molecule has 11 aromatic rings. The van der Waals surface area contributed by atoms with E-state index in [1.165, 1.54) is 27.2 Å². The summed E-state index contributed by atoms with van der Waals surface area (Å²) < 4.78 is 2.38. The first kappa shape index (κ1) is 32.7. The minimum absolute atomic E-state index is 0.929. The van der Waals surface area contributed by atoms with E-state index in [1.54, 1.807) is 0 Å². The van der Waals surface area contributed by atoms with Crippen LogP contribution in [0.25, 0.3) is 105 Å². The molecule has 0 unspecified atom stereocenters. The van der Waals surface area contributed by atoms with Crippen molar-refractivity contribution in [1.29, 1.82) is 0 Å². The van der Waals surface area contributed by atoms with E-state index in [4.69, 9.17) is 4.98 Å². The summed E-state index contributed by atoms with van der Waals surface area (Å²) in [7, 11) is 0. The second-order valence-electron chi connectivity index (χ2n) is 14.4. The van der Waals surface area contributed by atoms with Crippen LogP contribution in [-0.2, 0) is 0 Å². The van der Waals surface area contributed by atoms with Crippen molar-refractivity contribution in [2.75, 3.05) is 0 Å². The molecule has 0 N–H and O–H groups in total. The fourth-order valence-electron chi connectivity index (χ4n) is 8.39. The van der Waals surface area contributed by atoms with E-state index in [2.05, 4.69) is 184 Å². The van der Waals surface area contributed by atoms with Gasteiger partial charge in [0.2, 0.25) is 0 Å². The molecule has 4 nitrogen and oxygen atoms in total. The number of hydrogen-bond donors (Lipinski definition) is 0. The molecule has 266 valence electrons. The van der Waals surface area contributed by atoms with Gasteiger partial charge in [0, 0.05) is 61.9 Å². The topological polar surface area (TPSA) is 43.6 Å². The first-order chi connectivity index (χ1) is 28.3. The molecule has 0 amide bonds. The van der Waals surface area contributed by atoms with E-state index in [1.807, 2.05) is 36.7 Å². The summed E-state index contributed by atoms with van der Waals surface area (Å²) in [5.74, 6) is 0. The second kappa shape index (κ2) is 13.6. The Morgan fingerprint density at radius 2 is 0.947 bits per heavy atom. The zero-order chi connectivity index (χ0) is 37.7. The Morgan fingerprint density at radius 3 is 1.65 bits per heavy atom. The van der Waals surface area contributed by atoms with E-state index in [0.717, 1.165) is 78.0 Å². The largest absolute Gasteiger partial charge is 0.309 e. The lowest BCUT2D eigenvalue weighted by Gasteiger charge is -2.15. The number of para-hydroxylation sites is 3. The van der Waals surface area contributed by atoms with Crippen molar-refractivity contribution < 1.29 is 0 Å². The molecule has 0 saturated heterocycles. The van der Waals surface area contributed by atoms with Crippen molar-refractivity contribution in [3.8, 4) is 61.7 Å². The van der Waals surface area contributed by atoms with Crippen LogP contribution in [0.1, 0.15) is 0 Å². The first-order valence-electron chi connectivity index (χ1n) is 19.3. The molecule has 4 aromatic heterocycles. The van der Waals surface area contributed by atoms with Gasteiger partial charge in [0.05, 0.1) is 33.6 Å². The van der Waals surface area contributed by atoms with Gasteiger partial charge in [-0.15, -0.1) is 0 Å². The highest BCUT2D eigenvalue weighted by atomic mass is 15.0. The van der Waals surface area contributed by atoms with Crippen molar-refractivity contribution in [1.82, 2.24) is 19.5 Å². The SMILES string of the molecule is c1ccc(-c2nc3c(-c4ccc(-c5cc(-c6ccccn6)cc(-c6ccccn6)c5)cc4)cccc3c3cc4c5ccccc5n(-c5ccccc5)c4cc23)cc1. The predicted octanol–water partition coefficient (Wildman–Crippen LogP) is 13.6. The maximum absolute atomic E-state index is 5.56. The zero-order valence-electron chi connectivity index (χ0n) is 30.9. The van der Waals surface area contributed by atoms with Crippen LogP contribution in [0.5, 0.6) is 0 Å². The van der Waals surface area contributed by atoms with Gasteiger partial charge >= 0.3 is 0 Å². The minimum atomic E-state index is 0.929. The molecular weight excluding hydrogens is 693 g/mol. The molecule has 0 radical (unpaired) electrons. The average molecular weight is 727 g/mol. The third-order valence-electron chi connectivity index (χ3n) is 11.1. The minimum Gasteiger partial charge on any atom is -0.309 e. The first-order valence-corrected chi connectivity index (χ1v) is 19.3. The van der Waals surface area contributed by atoms with Crippen molar-refractivity contribution >= 4 is 43.5 Å². The van der Waals surface area contributed by atoms with Gasteiger partial charge in [-0.3, -0.25) is 9.97 Å². The van der Waals surface area contributed by atoms with Gasteiger partial charge in [-0.25, -0.2) is 4.98 Å². The summed E-state index contributed by atoms with van der Waals surface area (Å²) in [6, 6.07) is 68.9. The van der Waals surface area contributed by atoms with E-state index in [-0.39, 0.29) is 0 Å².